The molecule has 1 amide bonds. The lowest BCUT2D eigenvalue weighted by Crippen LogP contribution is -2.13. The first-order chi connectivity index (χ1) is 12.5. The van der Waals surface area contributed by atoms with Crippen LogP contribution in [0.5, 0.6) is 17.2 Å². The van der Waals surface area contributed by atoms with E-state index < -0.39 is 6.10 Å². The van der Waals surface area contributed by atoms with Crippen LogP contribution in [0.4, 0.5) is 5.69 Å². The molecule has 0 heterocycles. The van der Waals surface area contributed by atoms with E-state index in [2.05, 4.69) is 5.32 Å². The number of hydrogen-bond acceptors (Lipinski definition) is 5. The van der Waals surface area contributed by atoms with Crippen LogP contribution in [0.25, 0.3) is 0 Å². The van der Waals surface area contributed by atoms with E-state index in [1.54, 1.807) is 43.5 Å². The van der Waals surface area contributed by atoms with Gasteiger partial charge in [0.05, 0.1) is 32.5 Å². The number of ether oxygens (including phenoxy) is 3. The predicted molar refractivity (Wildman–Crippen MR) is 100 cm³/mol. The minimum absolute atomic E-state index is 0.139. The van der Waals surface area contributed by atoms with Crippen molar-refractivity contribution in [1.82, 2.24) is 0 Å². The largest absolute Gasteiger partial charge is 0.497 e. The third kappa shape index (κ3) is 5.03. The van der Waals surface area contributed by atoms with Gasteiger partial charge < -0.3 is 24.6 Å². The maximum Gasteiger partial charge on any atom is 0.224 e. The molecule has 2 rings (SSSR count). The number of benzene rings is 2. The summed E-state index contributed by atoms with van der Waals surface area (Å²) in [6.07, 6.45) is -0.445. The summed E-state index contributed by atoms with van der Waals surface area (Å²) in [5, 5.41) is 13.5. The molecule has 6 nitrogen and oxygen atoms in total. The van der Waals surface area contributed by atoms with Crippen LogP contribution in [0, 0.1) is 0 Å². The van der Waals surface area contributed by atoms with Gasteiger partial charge >= 0.3 is 0 Å². The van der Waals surface area contributed by atoms with E-state index in [9.17, 15) is 9.90 Å². The highest BCUT2D eigenvalue weighted by molar-refractivity contribution is 6.32. The summed E-state index contributed by atoms with van der Waals surface area (Å²) in [7, 11) is 4.60. The average Bonchev–Trinajstić information content (AvgIpc) is 2.65. The van der Waals surface area contributed by atoms with Crippen LogP contribution in [0.2, 0.25) is 5.02 Å². The molecule has 2 aromatic rings. The smallest absolute Gasteiger partial charge is 0.224 e. The van der Waals surface area contributed by atoms with Crippen molar-refractivity contribution >= 4 is 23.2 Å². The Balaban J connectivity index is 1.95. The van der Waals surface area contributed by atoms with Gasteiger partial charge in [-0.3, -0.25) is 4.79 Å². The summed E-state index contributed by atoms with van der Waals surface area (Å²) in [6, 6.07) is 10.1. The second kappa shape index (κ2) is 9.31. The fraction of sp³-hybridized carbons (Fsp3) is 0.316. The molecule has 0 radical (unpaired) electrons. The summed E-state index contributed by atoms with van der Waals surface area (Å²) in [6.45, 7) is 0. The van der Waals surface area contributed by atoms with Crippen LogP contribution in [-0.4, -0.2) is 32.3 Å². The fourth-order valence-electron chi connectivity index (χ4n) is 2.48. The van der Waals surface area contributed by atoms with Gasteiger partial charge in [0, 0.05) is 23.7 Å². The molecule has 0 aliphatic heterocycles. The summed E-state index contributed by atoms with van der Waals surface area (Å²) in [5.41, 5.74) is 1.17. The van der Waals surface area contributed by atoms with Crippen molar-refractivity contribution in [2.45, 2.75) is 18.9 Å². The Morgan fingerprint density at radius 2 is 1.81 bits per heavy atom. The van der Waals surface area contributed by atoms with Gasteiger partial charge in [-0.05, 0) is 36.8 Å². The molecule has 26 heavy (non-hydrogen) atoms. The maximum absolute atomic E-state index is 12.1. The number of aliphatic hydroxyl groups is 1. The van der Waals surface area contributed by atoms with Gasteiger partial charge in [0.15, 0.2) is 0 Å². The van der Waals surface area contributed by atoms with Crippen LogP contribution in [0.15, 0.2) is 36.4 Å². The standard InChI is InChI=1S/C19H22ClNO5/c1-24-13-5-6-14(18(11-13)26-3)16(22)7-9-19(23)21-12-4-8-17(25-2)15(20)10-12/h4-6,8,10-11,16,22H,7,9H2,1-3H3,(H,21,23). The SMILES string of the molecule is COc1ccc(C(O)CCC(=O)Nc2ccc(OC)c(Cl)c2)c(OC)c1. The lowest BCUT2D eigenvalue weighted by atomic mass is 10.0. The molecule has 0 saturated heterocycles. The van der Waals surface area contributed by atoms with E-state index in [1.807, 2.05) is 0 Å². The molecule has 0 bridgehead atoms. The highest BCUT2D eigenvalue weighted by atomic mass is 35.5. The number of hydrogen-bond donors (Lipinski definition) is 2. The van der Waals surface area contributed by atoms with Crippen molar-refractivity contribution in [1.29, 1.82) is 0 Å². The number of amides is 1. The Kier molecular flexibility index (Phi) is 7.12. The molecular weight excluding hydrogens is 358 g/mol. The van der Waals surface area contributed by atoms with Crippen molar-refractivity contribution in [3.8, 4) is 17.2 Å². The third-order valence-electron chi connectivity index (χ3n) is 3.88. The fourth-order valence-corrected chi connectivity index (χ4v) is 2.74. The summed E-state index contributed by atoms with van der Waals surface area (Å²) in [5.74, 6) is 1.45. The van der Waals surface area contributed by atoms with E-state index in [-0.39, 0.29) is 18.7 Å². The minimum Gasteiger partial charge on any atom is -0.497 e. The summed E-state index contributed by atoms with van der Waals surface area (Å²) < 4.78 is 15.5. The molecule has 0 aromatic heterocycles. The van der Waals surface area contributed by atoms with Gasteiger partial charge in [0.1, 0.15) is 17.2 Å². The van der Waals surface area contributed by atoms with Crippen molar-refractivity contribution < 1.29 is 24.1 Å². The Labute approximate surface area is 157 Å². The Hall–Kier alpha value is -2.44. The molecular formula is C19H22ClNO5. The van der Waals surface area contributed by atoms with Crippen molar-refractivity contribution in [2.24, 2.45) is 0 Å². The molecule has 2 N–H and O–H groups in total. The van der Waals surface area contributed by atoms with E-state index in [1.165, 1.54) is 14.2 Å². The predicted octanol–water partition coefficient (Wildman–Crippen LogP) is 3.82. The molecule has 0 fully saturated rings. The summed E-state index contributed by atoms with van der Waals surface area (Å²) >= 11 is 6.04. The number of nitrogens with one attached hydrogen (secondary N) is 1. The van der Waals surface area contributed by atoms with E-state index in [0.29, 0.717) is 33.5 Å². The molecule has 140 valence electrons. The highest BCUT2D eigenvalue weighted by Gasteiger charge is 2.16. The molecule has 2 aromatic carbocycles. The minimum atomic E-state index is -0.832. The molecule has 1 unspecified atom stereocenters. The molecule has 0 aliphatic carbocycles. The number of carbonyl (C=O) groups excluding carboxylic acids is 1. The van der Waals surface area contributed by atoms with E-state index >= 15 is 0 Å². The normalized spacial score (nSPS) is 11.6. The zero-order valence-corrected chi connectivity index (χ0v) is 15.7. The zero-order valence-electron chi connectivity index (χ0n) is 14.9. The Morgan fingerprint density at radius 3 is 2.42 bits per heavy atom. The van der Waals surface area contributed by atoms with E-state index in [4.69, 9.17) is 25.8 Å². The summed E-state index contributed by atoms with van der Waals surface area (Å²) in [4.78, 5) is 12.1. The second-order valence-corrected chi connectivity index (χ2v) is 5.97. The third-order valence-corrected chi connectivity index (χ3v) is 4.18. The molecule has 0 aliphatic rings. The monoisotopic (exact) mass is 379 g/mol. The lowest BCUT2D eigenvalue weighted by Gasteiger charge is -2.16. The van der Waals surface area contributed by atoms with Crippen LogP contribution in [-0.2, 0) is 4.79 Å². The highest BCUT2D eigenvalue weighted by Crippen LogP contribution is 2.32. The van der Waals surface area contributed by atoms with Gasteiger partial charge in [-0.15, -0.1) is 0 Å². The molecule has 0 spiro atoms. The first-order valence-electron chi connectivity index (χ1n) is 8.01. The first-order valence-corrected chi connectivity index (χ1v) is 8.39. The van der Waals surface area contributed by atoms with Crippen LogP contribution in [0.1, 0.15) is 24.5 Å². The lowest BCUT2D eigenvalue weighted by molar-refractivity contribution is -0.116. The maximum atomic E-state index is 12.1. The number of methoxy groups -OCH3 is 3. The quantitative estimate of drug-likeness (QED) is 0.729. The number of anilines is 1. The van der Waals surface area contributed by atoms with Crippen molar-refractivity contribution in [3.63, 3.8) is 0 Å². The molecule has 7 heteroatoms. The van der Waals surface area contributed by atoms with Crippen LogP contribution >= 0.6 is 11.6 Å². The molecule has 0 saturated carbocycles. The number of carbonyl (C=O) groups is 1. The van der Waals surface area contributed by atoms with Gasteiger partial charge in [-0.2, -0.15) is 0 Å². The van der Waals surface area contributed by atoms with Gasteiger partial charge in [-0.25, -0.2) is 0 Å². The number of halogens is 1. The van der Waals surface area contributed by atoms with Gasteiger partial charge in [-0.1, -0.05) is 11.6 Å². The molecule has 1 atom stereocenters. The van der Waals surface area contributed by atoms with Crippen molar-refractivity contribution in [2.75, 3.05) is 26.6 Å². The van der Waals surface area contributed by atoms with Crippen molar-refractivity contribution in [3.05, 3.63) is 47.0 Å². The van der Waals surface area contributed by atoms with Gasteiger partial charge in [0.2, 0.25) is 5.91 Å². The number of rotatable bonds is 8. The van der Waals surface area contributed by atoms with Crippen LogP contribution in [0.3, 0.4) is 0 Å². The second-order valence-electron chi connectivity index (χ2n) is 5.56. The first kappa shape index (κ1) is 19.9. The zero-order chi connectivity index (χ0) is 19.1. The van der Waals surface area contributed by atoms with Gasteiger partial charge in [0.25, 0.3) is 0 Å². The Morgan fingerprint density at radius 1 is 1.08 bits per heavy atom. The Bertz CT molecular complexity index is 766. The average molecular weight is 380 g/mol. The van der Waals surface area contributed by atoms with E-state index in [0.717, 1.165) is 0 Å². The van der Waals surface area contributed by atoms with Crippen LogP contribution < -0.4 is 19.5 Å². The topological polar surface area (TPSA) is 77.0 Å². The number of aliphatic hydroxyl groups excluding tert-OH is 1.